The number of carbonyl (C=O) groups is 3. The van der Waals surface area contributed by atoms with Crippen LogP contribution in [0.5, 0.6) is 0 Å². The number of rotatable bonds is 3. The van der Waals surface area contributed by atoms with Gasteiger partial charge in [-0.25, -0.2) is 4.79 Å². The van der Waals surface area contributed by atoms with Crippen LogP contribution in [0.25, 0.3) is 0 Å². The van der Waals surface area contributed by atoms with Gasteiger partial charge >= 0.3 is 6.09 Å². The highest BCUT2D eigenvalue weighted by Gasteiger charge is 2.20. The summed E-state index contributed by atoms with van der Waals surface area (Å²) in [5.41, 5.74) is 0.149. The monoisotopic (exact) mass is 312 g/mol. The minimum atomic E-state index is -0.879. The summed E-state index contributed by atoms with van der Waals surface area (Å²) in [7, 11) is 1.14. The van der Waals surface area contributed by atoms with Crippen molar-refractivity contribution in [3.05, 3.63) is 29.0 Å². The molecule has 2 N–H and O–H groups in total. The van der Waals surface area contributed by atoms with Crippen LogP contribution in [0.3, 0.4) is 0 Å². The van der Waals surface area contributed by atoms with Crippen LogP contribution in [0, 0.1) is 0 Å². The molecule has 0 bridgehead atoms. The zero-order valence-electron chi connectivity index (χ0n) is 11.0. The molecule has 0 saturated heterocycles. The lowest BCUT2D eigenvalue weighted by molar-refractivity contribution is -0.117. The minimum absolute atomic E-state index is 0.0222. The van der Waals surface area contributed by atoms with Crippen LogP contribution in [0.15, 0.2) is 23.5 Å². The second-order valence-corrected chi connectivity index (χ2v) is 4.68. The molecule has 1 aromatic heterocycles. The van der Waals surface area contributed by atoms with E-state index in [2.05, 4.69) is 10.1 Å². The largest absolute Gasteiger partial charge is 0.494 e. The molecule has 1 aromatic rings. The van der Waals surface area contributed by atoms with E-state index in [-0.39, 0.29) is 22.9 Å². The number of alkyl carbamates (subject to hydrolysis) is 1. The van der Waals surface area contributed by atoms with Crippen molar-refractivity contribution in [3.8, 4) is 0 Å². The third-order valence-corrected chi connectivity index (χ3v) is 3.24. The summed E-state index contributed by atoms with van der Waals surface area (Å²) in [5.74, 6) is -1.19. The summed E-state index contributed by atoms with van der Waals surface area (Å²) in [6, 6.07) is 1.48. The van der Waals surface area contributed by atoms with Crippen LogP contribution >= 0.6 is 11.3 Å². The molecular weight excluding hydrogens is 300 g/mol. The van der Waals surface area contributed by atoms with Gasteiger partial charge < -0.3 is 19.5 Å². The van der Waals surface area contributed by atoms with E-state index in [1.807, 2.05) is 5.32 Å². The summed E-state index contributed by atoms with van der Waals surface area (Å²) >= 11 is 1.14. The van der Waals surface area contributed by atoms with E-state index in [1.165, 1.54) is 12.3 Å². The van der Waals surface area contributed by atoms with Crippen LogP contribution in [-0.2, 0) is 19.0 Å². The van der Waals surface area contributed by atoms with Gasteiger partial charge in [0.15, 0.2) is 0 Å². The Morgan fingerprint density at radius 3 is 2.76 bits per heavy atom. The molecule has 0 fully saturated rings. The molecule has 21 heavy (non-hydrogen) atoms. The average molecular weight is 312 g/mol. The fourth-order valence-electron chi connectivity index (χ4n) is 1.45. The number of amides is 3. The Hall–Kier alpha value is -2.55. The Morgan fingerprint density at radius 2 is 2.10 bits per heavy atom. The normalized spacial score (nSPS) is 13.3. The maximum absolute atomic E-state index is 11.9. The van der Waals surface area contributed by atoms with Gasteiger partial charge in [0, 0.05) is 0 Å². The van der Waals surface area contributed by atoms with Gasteiger partial charge in [-0.15, -0.1) is 11.3 Å². The van der Waals surface area contributed by atoms with E-state index in [4.69, 9.17) is 9.47 Å². The van der Waals surface area contributed by atoms with Gasteiger partial charge in [-0.05, 0) is 11.4 Å². The highest BCUT2D eigenvalue weighted by atomic mass is 32.1. The molecule has 0 atom stereocenters. The Balaban J connectivity index is 2.06. The van der Waals surface area contributed by atoms with Gasteiger partial charge in [-0.3, -0.25) is 14.9 Å². The van der Waals surface area contributed by atoms with E-state index in [0.717, 1.165) is 18.4 Å². The molecular formula is C12H12N2O6S. The number of methoxy groups -OCH3 is 1. The number of ether oxygens (including phenoxy) is 3. The van der Waals surface area contributed by atoms with Crippen molar-refractivity contribution in [1.82, 2.24) is 5.32 Å². The summed E-state index contributed by atoms with van der Waals surface area (Å²) < 4.78 is 14.4. The van der Waals surface area contributed by atoms with Crippen LogP contribution in [-0.4, -0.2) is 38.2 Å². The van der Waals surface area contributed by atoms with Gasteiger partial charge in [0.1, 0.15) is 24.5 Å². The molecule has 1 aliphatic heterocycles. The number of anilines is 1. The smallest absolute Gasteiger partial charge is 0.413 e. The van der Waals surface area contributed by atoms with Crippen molar-refractivity contribution >= 4 is 34.2 Å². The van der Waals surface area contributed by atoms with Crippen LogP contribution < -0.4 is 10.6 Å². The third kappa shape index (κ3) is 3.72. The Labute approximate surface area is 123 Å². The average Bonchev–Trinajstić information content (AvgIpc) is 2.96. The molecule has 2 rings (SSSR count). The maximum Gasteiger partial charge on any atom is 0.413 e. The molecule has 1 aliphatic rings. The molecule has 0 aliphatic carbocycles. The Kier molecular flexibility index (Phi) is 4.77. The molecule has 0 unspecified atom stereocenters. The Morgan fingerprint density at radius 1 is 1.29 bits per heavy atom. The second kappa shape index (κ2) is 6.75. The zero-order valence-corrected chi connectivity index (χ0v) is 11.8. The van der Waals surface area contributed by atoms with Gasteiger partial charge in [-0.2, -0.15) is 0 Å². The van der Waals surface area contributed by atoms with Crippen molar-refractivity contribution in [2.75, 3.05) is 25.6 Å². The molecule has 0 spiro atoms. The first kappa shape index (κ1) is 14.9. The van der Waals surface area contributed by atoms with Crippen molar-refractivity contribution in [2.24, 2.45) is 0 Å². The highest BCUT2D eigenvalue weighted by molar-refractivity contribution is 7.14. The fraction of sp³-hybridized carbons (Fsp3) is 0.250. The van der Waals surface area contributed by atoms with Gasteiger partial charge in [0.25, 0.3) is 11.8 Å². The topological polar surface area (TPSA) is 103 Å². The lowest BCUT2D eigenvalue weighted by atomic mass is 10.3. The first-order chi connectivity index (χ1) is 10.1. The summed E-state index contributed by atoms with van der Waals surface area (Å²) in [5, 5.41) is 6.43. The molecule has 8 nitrogen and oxygen atoms in total. The fourth-order valence-corrected chi connectivity index (χ4v) is 2.23. The molecule has 9 heteroatoms. The maximum atomic E-state index is 11.9. The number of nitrogens with one attached hydrogen (secondary N) is 2. The highest BCUT2D eigenvalue weighted by Crippen LogP contribution is 2.24. The molecule has 2 heterocycles. The summed E-state index contributed by atoms with van der Waals surface area (Å²) in [6.45, 7) is 0.655. The van der Waals surface area contributed by atoms with Gasteiger partial charge in [0.2, 0.25) is 5.76 Å². The molecule has 112 valence electrons. The zero-order chi connectivity index (χ0) is 15.2. The van der Waals surface area contributed by atoms with Crippen LogP contribution in [0.4, 0.5) is 9.80 Å². The van der Waals surface area contributed by atoms with E-state index in [1.54, 1.807) is 5.38 Å². The molecule has 0 radical (unpaired) electrons. The molecule has 0 saturated carbocycles. The predicted octanol–water partition coefficient (Wildman–Crippen LogP) is 1.07. The first-order valence-corrected chi connectivity index (χ1v) is 6.72. The van der Waals surface area contributed by atoms with Crippen LogP contribution in [0.2, 0.25) is 0 Å². The lowest BCUT2D eigenvalue weighted by Gasteiger charge is -2.14. The predicted molar refractivity (Wildman–Crippen MR) is 72.8 cm³/mol. The van der Waals surface area contributed by atoms with Crippen molar-refractivity contribution in [2.45, 2.75) is 0 Å². The Bertz CT molecular complexity index is 594. The third-order valence-electron chi connectivity index (χ3n) is 2.41. The van der Waals surface area contributed by atoms with E-state index < -0.39 is 17.9 Å². The van der Waals surface area contributed by atoms with E-state index in [9.17, 15) is 14.4 Å². The van der Waals surface area contributed by atoms with Crippen LogP contribution in [0.1, 0.15) is 10.4 Å². The van der Waals surface area contributed by atoms with E-state index >= 15 is 0 Å². The second-order valence-electron chi connectivity index (χ2n) is 3.76. The summed E-state index contributed by atoms with van der Waals surface area (Å²) in [6.07, 6.45) is 0.330. The van der Waals surface area contributed by atoms with Gasteiger partial charge in [0.05, 0.1) is 12.7 Å². The standard InChI is InChI=1S/C12H12N2O6S/c1-18-12(17)14-9(15)7-2-5-21-11(7)13-10(16)8-6-19-3-4-20-8/h2,5-6H,3-4H2,1H3,(H,13,16)(H,14,15,17). The van der Waals surface area contributed by atoms with Crippen molar-refractivity contribution in [1.29, 1.82) is 0 Å². The van der Waals surface area contributed by atoms with Crippen molar-refractivity contribution < 1.29 is 28.6 Å². The number of hydrogen-bond acceptors (Lipinski definition) is 7. The number of carbonyl (C=O) groups excluding carboxylic acids is 3. The minimum Gasteiger partial charge on any atom is -0.494 e. The molecule has 3 amide bonds. The van der Waals surface area contributed by atoms with Gasteiger partial charge in [-0.1, -0.05) is 0 Å². The molecule has 0 aromatic carbocycles. The van der Waals surface area contributed by atoms with Crippen molar-refractivity contribution in [3.63, 3.8) is 0 Å². The lowest BCUT2D eigenvalue weighted by Crippen LogP contribution is -2.30. The quantitative estimate of drug-likeness (QED) is 0.865. The van der Waals surface area contributed by atoms with E-state index in [0.29, 0.717) is 6.61 Å². The number of imide groups is 1. The number of hydrogen-bond donors (Lipinski definition) is 2. The summed E-state index contributed by atoms with van der Waals surface area (Å²) in [4.78, 5) is 34.8. The SMILES string of the molecule is COC(=O)NC(=O)c1ccsc1NC(=O)C1=COCCO1. The first-order valence-electron chi connectivity index (χ1n) is 5.84. The number of thiophene rings is 1.